The lowest BCUT2D eigenvalue weighted by atomic mass is 10.1. The standard InChI is InChI=1S/C15H19NO/c1-13(12-14-8-4-2-5-9-14)15(17)16-10-6-3-7-11-16/h2,4-5,8-9,12H,3,6-7,10-11H2,1H3/b13-12+. The maximum Gasteiger partial charge on any atom is 0.249 e. The topological polar surface area (TPSA) is 20.3 Å². The lowest BCUT2D eigenvalue weighted by Crippen LogP contribution is -2.36. The van der Waals surface area contributed by atoms with Gasteiger partial charge in [-0.25, -0.2) is 0 Å². The molecule has 1 amide bonds. The van der Waals surface area contributed by atoms with Gasteiger partial charge in [-0.05, 0) is 37.8 Å². The average Bonchev–Trinajstić information content (AvgIpc) is 2.40. The van der Waals surface area contributed by atoms with Crippen LogP contribution < -0.4 is 0 Å². The maximum absolute atomic E-state index is 12.2. The highest BCUT2D eigenvalue weighted by molar-refractivity contribution is 5.97. The minimum Gasteiger partial charge on any atom is -0.339 e. The first kappa shape index (κ1) is 11.9. The number of benzene rings is 1. The van der Waals surface area contributed by atoms with Gasteiger partial charge in [0.05, 0.1) is 0 Å². The zero-order valence-corrected chi connectivity index (χ0v) is 10.4. The van der Waals surface area contributed by atoms with Crippen molar-refractivity contribution in [3.05, 3.63) is 41.5 Å². The molecule has 2 rings (SSSR count). The van der Waals surface area contributed by atoms with Gasteiger partial charge in [0.15, 0.2) is 0 Å². The molecule has 0 aromatic heterocycles. The summed E-state index contributed by atoms with van der Waals surface area (Å²) in [6.45, 7) is 3.74. The predicted molar refractivity (Wildman–Crippen MR) is 70.5 cm³/mol. The summed E-state index contributed by atoms with van der Waals surface area (Å²) in [5, 5.41) is 0. The van der Waals surface area contributed by atoms with Gasteiger partial charge in [-0.3, -0.25) is 4.79 Å². The SMILES string of the molecule is C/C(=C\c1ccccc1)C(=O)N1CCCCC1. The molecule has 1 aliphatic rings. The summed E-state index contributed by atoms with van der Waals surface area (Å²) < 4.78 is 0. The highest BCUT2D eigenvalue weighted by Gasteiger charge is 2.17. The molecule has 0 atom stereocenters. The quantitative estimate of drug-likeness (QED) is 0.714. The van der Waals surface area contributed by atoms with Crippen molar-refractivity contribution in [2.45, 2.75) is 26.2 Å². The summed E-state index contributed by atoms with van der Waals surface area (Å²) in [5.74, 6) is 0.188. The fourth-order valence-corrected chi connectivity index (χ4v) is 2.21. The van der Waals surface area contributed by atoms with E-state index in [0.29, 0.717) is 0 Å². The minimum absolute atomic E-state index is 0.188. The third-order valence-electron chi connectivity index (χ3n) is 3.16. The van der Waals surface area contributed by atoms with Crippen LogP contribution in [0.2, 0.25) is 0 Å². The van der Waals surface area contributed by atoms with E-state index in [-0.39, 0.29) is 5.91 Å². The van der Waals surface area contributed by atoms with E-state index >= 15 is 0 Å². The van der Waals surface area contributed by atoms with Crippen molar-refractivity contribution in [2.75, 3.05) is 13.1 Å². The van der Waals surface area contributed by atoms with Crippen molar-refractivity contribution < 1.29 is 4.79 Å². The minimum atomic E-state index is 0.188. The van der Waals surface area contributed by atoms with Crippen molar-refractivity contribution in [2.24, 2.45) is 0 Å². The second kappa shape index (κ2) is 5.67. The van der Waals surface area contributed by atoms with Gasteiger partial charge in [-0.2, -0.15) is 0 Å². The second-order valence-electron chi connectivity index (χ2n) is 4.59. The molecule has 0 unspecified atom stereocenters. The molecule has 0 spiro atoms. The van der Waals surface area contributed by atoms with Crippen molar-refractivity contribution in [1.82, 2.24) is 4.90 Å². The highest BCUT2D eigenvalue weighted by atomic mass is 16.2. The van der Waals surface area contributed by atoms with Crippen molar-refractivity contribution >= 4 is 12.0 Å². The van der Waals surface area contributed by atoms with Crippen molar-refractivity contribution in [1.29, 1.82) is 0 Å². The molecule has 1 aromatic carbocycles. The molecule has 90 valence electrons. The number of nitrogens with zero attached hydrogens (tertiary/aromatic N) is 1. The van der Waals surface area contributed by atoms with Gasteiger partial charge in [-0.1, -0.05) is 30.3 Å². The van der Waals surface area contributed by atoms with Crippen LogP contribution in [0.1, 0.15) is 31.7 Å². The molecule has 1 aromatic rings. The Labute approximate surface area is 103 Å². The summed E-state index contributed by atoms with van der Waals surface area (Å²) in [6, 6.07) is 10.0. The van der Waals surface area contributed by atoms with E-state index in [1.54, 1.807) is 0 Å². The van der Waals surface area contributed by atoms with Gasteiger partial charge in [0.2, 0.25) is 5.91 Å². The van der Waals surface area contributed by atoms with Crippen LogP contribution in [0.4, 0.5) is 0 Å². The first-order valence-corrected chi connectivity index (χ1v) is 6.30. The lowest BCUT2D eigenvalue weighted by molar-refractivity contribution is -0.127. The summed E-state index contributed by atoms with van der Waals surface area (Å²) in [4.78, 5) is 14.1. The molecule has 0 N–H and O–H groups in total. The fourth-order valence-electron chi connectivity index (χ4n) is 2.21. The summed E-state index contributed by atoms with van der Waals surface area (Å²) in [5.41, 5.74) is 1.92. The Hall–Kier alpha value is -1.57. The summed E-state index contributed by atoms with van der Waals surface area (Å²) in [7, 11) is 0. The third kappa shape index (κ3) is 3.19. The molecular formula is C15H19NO. The smallest absolute Gasteiger partial charge is 0.249 e. The first-order valence-electron chi connectivity index (χ1n) is 6.30. The molecule has 1 fully saturated rings. The molecule has 0 aliphatic carbocycles. The first-order chi connectivity index (χ1) is 8.27. The summed E-state index contributed by atoms with van der Waals surface area (Å²) in [6.07, 6.45) is 5.51. The second-order valence-corrected chi connectivity index (χ2v) is 4.59. The van der Waals surface area contributed by atoms with Gasteiger partial charge in [-0.15, -0.1) is 0 Å². The van der Waals surface area contributed by atoms with Gasteiger partial charge >= 0.3 is 0 Å². The molecule has 1 aliphatic heterocycles. The zero-order chi connectivity index (χ0) is 12.1. The van der Waals surface area contributed by atoms with E-state index < -0.39 is 0 Å². The largest absolute Gasteiger partial charge is 0.339 e. The highest BCUT2D eigenvalue weighted by Crippen LogP contribution is 2.14. The number of hydrogen-bond acceptors (Lipinski definition) is 1. The van der Waals surface area contributed by atoms with Gasteiger partial charge in [0.1, 0.15) is 0 Å². The fraction of sp³-hybridized carbons (Fsp3) is 0.400. The van der Waals surface area contributed by atoms with E-state index in [1.165, 1.54) is 6.42 Å². The van der Waals surface area contributed by atoms with Crippen LogP contribution in [0.5, 0.6) is 0 Å². The van der Waals surface area contributed by atoms with Crippen LogP contribution >= 0.6 is 0 Å². The number of rotatable bonds is 2. The van der Waals surface area contributed by atoms with Crippen molar-refractivity contribution in [3.63, 3.8) is 0 Å². The number of carbonyl (C=O) groups is 1. The normalized spacial score (nSPS) is 17.0. The molecule has 1 heterocycles. The lowest BCUT2D eigenvalue weighted by Gasteiger charge is -2.27. The third-order valence-corrected chi connectivity index (χ3v) is 3.16. The Balaban J connectivity index is 2.06. The maximum atomic E-state index is 12.2. The monoisotopic (exact) mass is 229 g/mol. The molecule has 0 radical (unpaired) electrons. The van der Waals surface area contributed by atoms with E-state index in [0.717, 1.165) is 37.1 Å². The Bertz CT molecular complexity index is 402. The summed E-state index contributed by atoms with van der Waals surface area (Å²) >= 11 is 0. The number of likely N-dealkylation sites (tertiary alicyclic amines) is 1. The van der Waals surface area contributed by atoms with Crippen LogP contribution in [0.3, 0.4) is 0 Å². The molecule has 17 heavy (non-hydrogen) atoms. The van der Waals surface area contributed by atoms with Crippen molar-refractivity contribution in [3.8, 4) is 0 Å². The van der Waals surface area contributed by atoms with E-state index in [9.17, 15) is 4.79 Å². The Kier molecular flexibility index (Phi) is 3.97. The van der Waals surface area contributed by atoms with Crippen LogP contribution in [-0.2, 0) is 4.79 Å². The number of carbonyl (C=O) groups excluding carboxylic acids is 1. The molecule has 0 saturated carbocycles. The Morgan fingerprint density at radius 3 is 2.41 bits per heavy atom. The number of amides is 1. The average molecular weight is 229 g/mol. The van der Waals surface area contributed by atoms with Crippen LogP contribution in [0.25, 0.3) is 6.08 Å². The molecular weight excluding hydrogens is 210 g/mol. The number of hydrogen-bond donors (Lipinski definition) is 0. The van der Waals surface area contributed by atoms with Gasteiger partial charge in [0, 0.05) is 18.7 Å². The Morgan fingerprint density at radius 2 is 1.76 bits per heavy atom. The van der Waals surface area contributed by atoms with Gasteiger partial charge in [0.25, 0.3) is 0 Å². The van der Waals surface area contributed by atoms with Crippen LogP contribution in [-0.4, -0.2) is 23.9 Å². The zero-order valence-electron chi connectivity index (χ0n) is 10.4. The van der Waals surface area contributed by atoms with Crippen LogP contribution in [0, 0.1) is 0 Å². The van der Waals surface area contributed by atoms with Crippen LogP contribution in [0.15, 0.2) is 35.9 Å². The molecule has 2 nitrogen and oxygen atoms in total. The molecule has 1 saturated heterocycles. The molecule has 0 bridgehead atoms. The van der Waals surface area contributed by atoms with Gasteiger partial charge < -0.3 is 4.90 Å². The van der Waals surface area contributed by atoms with E-state index in [4.69, 9.17) is 0 Å². The van der Waals surface area contributed by atoms with E-state index in [2.05, 4.69) is 0 Å². The molecule has 2 heteroatoms. The Morgan fingerprint density at radius 1 is 1.12 bits per heavy atom. The predicted octanol–water partition coefficient (Wildman–Crippen LogP) is 3.10. The number of piperidine rings is 1. The van der Waals surface area contributed by atoms with E-state index in [1.807, 2.05) is 48.2 Å².